The summed E-state index contributed by atoms with van der Waals surface area (Å²) >= 11 is 0. The Morgan fingerprint density at radius 2 is 1.48 bits per heavy atom. The Labute approximate surface area is 160 Å². The molecule has 0 saturated carbocycles. The van der Waals surface area contributed by atoms with Crippen molar-refractivity contribution < 1.29 is 14.3 Å². The third-order valence-corrected chi connectivity index (χ3v) is 4.80. The molecule has 2 aromatic carbocycles. The van der Waals surface area contributed by atoms with Crippen molar-refractivity contribution in [1.29, 1.82) is 0 Å². The Morgan fingerprint density at radius 1 is 0.852 bits per heavy atom. The predicted molar refractivity (Wildman–Crippen MR) is 105 cm³/mol. The molecule has 5 nitrogen and oxygen atoms in total. The van der Waals surface area contributed by atoms with Gasteiger partial charge in [0.15, 0.2) is 12.4 Å². The molecule has 1 heterocycles. The molecule has 1 fully saturated rings. The molecule has 0 N–H and O–H groups in total. The van der Waals surface area contributed by atoms with Crippen LogP contribution in [0.5, 0.6) is 5.75 Å². The zero-order chi connectivity index (χ0) is 18.9. The number of Topliss-reactive ketones (excluding diaryl/α,β-unsaturated/α-hetero) is 1. The summed E-state index contributed by atoms with van der Waals surface area (Å²) in [5.41, 5.74) is 0.784. The Hall–Kier alpha value is -2.66. The first-order chi connectivity index (χ1) is 13.2. The van der Waals surface area contributed by atoms with Crippen molar-refractivity contribution in [3.63, 3.8) is 0 Å². The van der Waals surface area contributed by atoms with E-state index < -0.39 is 0 Å². The zero-order valence-electron chi connectivity index (χ0n) is 15.5. The van der Waals surface area contributed by atoms with Crippen LogP contribution in [0.4, 0.5) is 0 Å². The van der Waals surface area contributed by atoms with E-state index in [4.69, 9.17) is 4.74 Å². The summed E-state index contributed by atoms with van der Waals surface area (Å²) in [5, 5.41) is 0. The van der Waals surface area contributed by atoms with Gasteiger partial charge < -0.3 is 9.64 Å². The van der Waals surface area contributed by atoms with Crippen molar-refractivity contribution in [3.05, 3.63) is 66.2 Å². The van der Waals surface area contributed by atoms with Crippen molar-refractivity contribution in [2.45, 2.75) is 12.8 Å². The Morgan fingerprint density at radius 3 is 2.15 bits per heavy atom. The summed E-state index contributed by atoms with van der Waals surface area (Å²) in [6.07, 6.45) is 1.41. The Kier molecular flexibility index (Phi) is 6.99. The van der Waals surface area contributed by atoms with Gasteiger partial charge in [-0.15, -0.1) is 0 Å². The number of benzene rings is 2. The van der Waals surface area contributed by atoms with Crippen LogP contribution in [0.15, 0.2) is 60.7 Å². The zero-order valence-corrected chi connectivity index (χ0v) is 15.5. The molecular formula is C22H26N2O3. The molecule has 2 aromatic rings. The fourth-order valence-corrected chi connectivity index (χ4v) is 3.21. The first-order valence-corrected chi connectivity index (χ1v) is 9.48. The molecule has 0 aliphatic carbocycles. The number of carbonyl (C=O) groups is 2. The molecule has 0 bridgehead atoms. The van der Waals surface area contributed by atoms with Gasteiger partial charge in [0.2, 0.25) is 0 Å². The molecule has 1 saturated heterocycles. The van der Waals surface area contributed by atoms with Crippen LogP contribution >= 0.6 is 0 Å². The Balaban J connectivity index is 1.32. The average molecular weight is 366 g/mol. The second-order valence-electron chi connectivity index (χ2n) is 6.72. The molecule has 3 rings (SSSR count). The summed E-state index contributed by atoms with van der Waals surface area (Å²) in [6, 6.07) is 18.8. The number of amides is 1. The molecule has 1 aliphatic rings. The molecule has 0 radical (unpaired) electrons. The van der Waals surface area contributed by atoms with Gasteiger partial charge in [-0.2, -0.15) is 0 Å². The summed E-state index contributed by atoms with van der Waals surface area (Å²) in [4.78, 5) is 28.6. The fourth-order valence-electron chi connectivity index (χ4n) is 3.21. The van der Waals surface area contributed by atoms with Gasteiger partial charge in [0.05, 0.1) is 0 Å². The maximum absolute atomic E-state index is 12.3. The molecule has 0 atom stereocenters. The monoisotopic (exact) mass is 366 g/mol. The highest BCUT2D eigenvalue weighted by Gasteiger charge is 2.21. The van der Waals surface area contributed by atoms with Crippen LogP contribution in [0.3, 0.4) is 0 Å². The molecule has 0 spiro atoms. The minimum Gasteiger partial charge on any atom is -0.484 e. The van der Waals surface area contributed by atoms with Gasteiger partial charge in [-0.3, -0.25) is 14.5 Å². The minimum absolute atomic E-state index is 0.0257. The minimum atomic E-state index is 0.0257. The standard InChI is InChI=1S/C22H26N2O3/c25-21(19-8-3-1-4-9-19)12-7-13-23-14-16-24(17-15-23)22(26)18-27-20-10-5-2-6-11-20/h1-6,8-11H,7,12-18H2. The molecule has 1 aliphatic heterocycles. The summed E-state index contributed by atoms with van der Waals surface area (Å²) in [7, 11) is 0. The lowest BCUT2D eigenvalue weighted by atomic mass is 10.1. The third kappa shape index (κ3) is 5.93. The fraction of sp³-hybridized carbons (Fsp3) is 0.364. The number of hydrogen-bond acceptors (Lipinski definition) is 4. The SMILES string of the molecule is O=C(CCCN1CCN(C(=O)COc2ccccc2)CC1)c1ccccc1. The van der Waals surface area contributed by atoms with Gasteiger partial charge in [0, 0.05) is 38.2 Å². The quantitative estimate of drug-likeness (QED) is 0.674. The van der Waals surface area contributed by atoms with E-state index in [1.165, 1.54) is 0 Å². The van der Waals surface area contributed by atoms with Crippen LogP contribution in [0, 0.1) is 0 Å². The van der Waals surface area contributed by atoms with E-state index in [0.717, 1.165) is 31.6 Å². The van der Waals surface area contributed by atoms with E-state index >= 15 is 0 Å². The van der Waals surface area contributed by atoms with Gasteiger partial charge in [0.1, 0.15) is 5.75 Å². The van der Waals surface area contributed by atoms with E-state index in [1.54, 1.807) is 0 Å². The average Bonchev–Trinajstić information content (AvgIpc) is 2.74. The largest absolute Gasteiger partial charge is 0.484 e. The second kappa shape index (κ2) is 9.88. The van der Waals surface area contributed by atoms with Crippen molar-refractivity contribution in [2.75, 3.05) is 39.3 Å². The number of nitrogens with zero attached hydrogens (tertiary/aromatic N) is 2. The van der Waals surface area contributed by atoms with Gasteiger partial charge >= 0.3 is 0 Å². The predicted octanol–water partition coefficient (Wildman–Crippen LogP) is 2.87. The topological polar surface area (TPSA) is 49.9 Å². The van der Waals surface area contributed by atoms with E-state index in [-0.39, 0.29) is 18.3 Å². The number of hydrogen-bond donors (Lipinski definition) is 0. The highest BCUT2D eigenvalue weighted by atomic mass is 16.5. The van der Waals surface area contributed by atoms with E-state index in [1.807, 2.05) is 65.6 Å². The normalized spacial score (nSPS) is 14.7. The summed E-state index contributed by atoms with van der Waals surface area (Å²) in [6.45, 7) is 4.08. The molecule has 27 heavy (non-hydrogen) atoms. The molecule has 1 amide bonds. The van der Waals surface area contributed by atoms with Crippen LogP contribution in [0.25, 0.3) is 0 Å². The lowest BCUT2D eigenvalue weighted by Gasteiger charge is -2.34. The number of carbonyl (C=O) groups excluding carboxylic acids is 2. The molecule has 0 aromatic heterocycles. The number of ketones is 1. The maximum atomic E-state index is 12.3. The van der Waals surface area contributed by atoms with Crippen molar-refractivity contribution in [1.82, 2.24) is 9.80 Å². The van der Waals surface area contributed by atoms with Crippen LogP contribution in [-0.2, 0) is 4.79 Å². The van der Waals surface area contributed by atoms with Crippen LogP contribution in [-0.4, -0.2) is 60.8 Å². The van der Waals surface area contributed by atoms with Crippen molar-refractivity contribution in [3.8, 4) is 5.75 Å². The van der Waals surface area contributed by atoms with Gasteiger partial charge in [0.25, 0.3) is 5.91 Å². The first-order valence-electron chi connectivity index (χ1n) is 9.48. The smallest absolute Gasteiger partial charge is 0.260 e. The third-order valence-electron chi connectivity index (χ3n) is 4.80. The summed E-state index contributed by atoms with van der Waals surface area (Å²) in [5.74, 6) is 0.938. The van der Waals surface area contributed by atoms with Crippen LogP contribution < -0.4 is 4.74 Å². The molecular weight excluding hydrogens is 340 g/mol. The van der Waals surface area contributed by atoms with Crippen molar-refractivity contribution in [2.24, 2.45) is 0 Å². The lowest BCUT2D eigenvalue weighted by Crippen LogP contribution is -2.50. The van der Waals surface area contributed by atoms with E-state index in [2.05, 4.69) is 4.90 Å². The highest BCUT2D eigenvalue weighted by molar-refractivity contribution is 5.95. The number of piperazine rings is 1. The van der Waals surface area contributed by atoms with Crippen LogP contribution in [0.1, 0.15) is 23.2 Å². The van der Waals surface area contributed by atoms with Crippen molar-refractivity contribution >= 4 is 11.7 Å². The Bertz CT molecular complexity index is 726. The second-order valence-corrected chi connectivity index (χ2v) is 6.72. The first kappa shape index (κ1) is 19.1. The number of para-hydroxylation sites is 1. The van der Waals surface area contributed by atoms with E-state index in [9.17, 15) is 9.59 Å². The molecule has 5 heteroatoms. The maximum Gasteiger partial charge on any atom is 0.260 e. The van der Waals surface area contributed by atoms with Gasteiger partial charge in [-0.25, -0.2) is 0 Å². The van der Waals surface area contributed by atoms with Crippen LogP contribution in [0.2, 0.25) is 0 Å². The lowest BCUT2D eigenvalue weighted by molar-refractivity contribution is -0.135. The number of rotatable bonds is 8. The van der Waals surface area contributed by atoms with Gasteiger partial charge in [-0.1, -0.05) is 48.5 Å². The van der Waals surface area contributed by atoms with Gasteiger partial charge in [-0.05, 0) is 25.1 Å². The highest BCUT2D eigenvalue weighted by Crippen LogP contribution is 2.10. The summed E-state index contributed by atoms with van der Waals surface area (Å²) < 4.78 is 5.54. The molecule has 0 unspecified atom stereocenters. The van der Waals surface area contributed by atoms with E-state index in [0.29, 0.717) is 25.3 Å². The number of ether oxygens (including phenoxy) is 1. The molecule has 142 valence electrons.